The summed E-state index contributed by atoms with van der Waals surface area (Å²) in [7, 11) is 0. The van der Waals surface area contributed by atoms with Crippen LogP contribution < -0.4 is 0 Å². The van der Waals surface area contributed by atoms with Crippen molar-refractivity contribution in [1.29, 1.82) is 5.26 Å². The molecule has 1 aromatic carbocycles. The average Bonchev–Trinajstić information content (AvgIpc) is 2.70. The quantitative estimate of drug-likeness (QED) is 0.784. The molecule has 2 nitrogen and oxygen atoms in total. The monoisotopic (exact) mass is 329 g/mol. The van der Waals surface area contributed by atoms with Gasteiger partial charge in [0.25, 0.3) is 0 Å². The Kier molecular flexibility index (Phi) is 3.45. The number of nitriles is 1. The summed E-state index contributed by atoms with van der Waals surface area (Å²) in [5, 5.41) is 8.97. The molecule has 0 N–H and O–H groups in total. The molecule has 0 amide bonds. The third-order valence-corrected chi connectivity index (χ3v) is 4.41. The summed E-state index contributed by atoms with van der Waals surface area (Å²) in [6, 6.07) is 8.26. The molecule has 78 valence electrons. The van der Waals surface area contributed by atoms with E-state index < -0.39 is 0 Å². The summed E-state index contributed by atoms with van der Waals surface area (Å²) >= 11 is 6.87. The Labute approximate surface area is 105 Å². The number of hydrogen-bond acceptors (Lipinski definition) is 2. The van der Waals surface area contributed by atoms with Crippen molar-refractivity contribution in [2.75, 3.05) is 6.61 Å². The number of ether oxygens (including phenoxy) is 1. The van der Waals surface area contributed by atoms with Crippen LogP contribution in [0.4, 0.5) is 0 Å². The molecule has 0 bridgehead atoms. The van der Waals surface area contributed by atoms with E-state index in [1.165, 1.54) is 0 Å². The largest absolute Gasteiger partial charge is 0.372 e. The molecule has 1 fully saturated rings. The Morgan fingerprint density at radius 3 is 2.80 bits per heavy atom. The smallest absolute Gasteiger partial charge is 0.0984 e. The first kappa shape index (κ1) is 11.1. The normalized spacial score (nSPS) is 25.1. The minimum absolute atomic E-state index is 0.0157. The first-order valence-corrected chi connectivity index (χ1v) is 6.27. The zero-order valence-corrected chi connectivity index (χ0v) is 11.1. The van der Waals surface area contributed by atoms with Gasteiger partial charge in [0.1, 0.15) is 0 Å². The molecule has 1 heterocycles. The van der Waals surface area contributed by atoms with Crippen molar-refractivity contribution < 1.29 is 4.74 Å². The molecule has 2 atom stereocenters. The van der Waals surface area contributed by atoms with Gasteiger partial charge in [-0.25, -0.2) is 0 Å². The maximum Gasteiger partial charge on any atom is 0.0984 e. The number of hydrogen-bond donors (Lipinski definition) is 0. The van der Waals surface area contributed by atoms with Gasteiger partial charge in [0, 0.05) is 15.6 Å². The summed E-state index contributed by atoms with van der Waals surface area (Å²) in [4.78, 5) is 0. The van der Waals surface area contributed by atoms with Gasteiger partial charge in [-0.2, -0.15) is 5.26 Å². The Hall–Kier alpha value is -0.370. The molecular formula is C11H9Br2NO. The molecule has 0 aromatic heterocycles. The molecule has 0 saturated carbocycles. The van der Waals surface area contributed by atoms with Crippen molar-refractivity contribution in [3.8, 4) is 6.07 Å². The molecule has 2 unspecified atom stereocenters. The van der Waals surface area contributed by atoms with Gasteiger partial charge in [-0.05, 0) is 56.0 Å². The van der Waals surface area contributed by atoms with E-state index in [0.717, 1.165) is 20.9 Å². The topological polar surface area (TPSA) is 33.0 Å². The lowest BCUT2D eigenvalue weighted by Gasteiger charge is -2.13. The lowest BCUT2D eigenvalue weighted by Crippen LogP contribution is -2.05. The summed E-state index contributed by atoms with van der Waals surface area (Å²) in [6.07, 6.45) is 0.758. The average molecular weight is 331 g/mol. The summed E-state index contributed by atoms with van der Waals surface area (Å²) < 4.78 is 7.58. The van der Waals surface area contributed by atoms with Gasteiger partial charge in [-0.15, -0.1) is 0 Å². The predicted octanol–water partition coefficient (Wildman–Crippen LogP) is 3.81. The van der Waals surface area contributed by atoms with Crippen molar-refractivity contribution in [2.45, 2.75) is 12.5 Å². The van der Waals surface area contributed by atoms with Gasteiger partial charge in [0.2, 0.25) is 0 Å². The van der Waals surface area contributed by atoms with Crippen LogP contribution in [0.25, 0.3) is 0 Å². The van der Waals surface area contributed by atoms with Crippen LogP contribution in [0, 0.1) is 17.2 Å². The highest BCUT2D eigenvalue weighted by molar-refractivity contribution is 9.13. The molecule has 1 aliphatic rings. The van der Waals surface area contributed by atoms with Crippen LogP contribution >= 0.6 is 31.9 Å². The third kappa shape index (κ3) is 2.25. The fourth-order valence-corrected chi connectivity index (χ4v) is 2.38. The van der Waals surface area contributed by atoms with E-state index in [1.807, 2.05) is 18.2 Å². The van der Waals surface area contributed by atoms with Crippen LogP contribution in [0.15, 0.2) is 27.1 Å². The number of benzene rings is 1. The molecule has 0 aliphatic carbocycles. The third-order valence-electron chi connectivity index (χ3n) is 2.53. The van der Waals surface area contributed by atoms with Crippen LogP contribution in [0.3, 0.4) is 0 Å². The van der Waals surface area contributed by atoms with Gasteiger partial charge >= 0.3 is 0 Å². The van der Waals surface area contributed by atoms with Gasteiger partial charge in [0.15, 0.2) is 0 Å². The maximum absolute atomic E-state index is 8.97. The molecule has 4 heteroatoms. The van der Waals surface area contributed by atoms with E-state index in [-0.39, 0.29) is 12.0 Å². The SMILES string of the molecule is N#CC1CCOC1c1ccc(Br)c(Br)c1. The van der Waals surface area contributed by atoms with Crippen LogP contribution in [0.2, 0.25) is 0 Å². The van der Waals surface area contributed by atoms with Crippen LogP contribution in [0.5, 0.6) is 0 Å². The minimum Gasteiger partial charge on any atom is -0.372 e. The van der Waals surface area contributed by atoms with Crippen molar-refractivity contribution in [2.24, 2.45) is 5.92 Å². The molecular weight excluding hydrogens is 322 g/mol. The highest BCUT2D eigenvalue weighted by Gasteiger charge is 2.29. The van der Waals surface area contributed by atoms with E-state index in [1.54, 1.807) is 0 Å². The fraction of sp³-hybridized carbons (Fsp3) is 0.364. The van der Waals surface area contributed by atoms with E-state index in [2.05, 4.69) is 37.9 Å². The van der Waals surface area contributed by atoms with Gasteiger partial charge in [-0.1, -0.05) is 6.07 Å². The van der Waals surface area contributed by atoms with Gasteiger partial charge < -0.3 is 4.74 Å². The Morgan fingerprint density at radius 2 is 2.13 bits per heavy atom. The van der Waals surface area contributed by atoms with Crippen molar-refractivity contribution in [3.05, 3.63) is 32.7 Å². The van der Waals surface area contributed by atoms with Crippen LogP contribution in [0.1, 0.15) is 18.1 Å². The lowest BCUT2D eigenvalue weighted by molar-refractivity contribution is 0.101. The van der Waals surface area contributed by atoms with Crippen molar-refractivity contribution >= 4 is 31.9 Å². The lowest BCUT2D eigenvalue weighted by atomic mass is 9.97. The molecule has 0 spiro atoms. The second-order valence-corrected chi connectivity index (χ2v) is 5.20. The second-order valence-electron chi connectivity index (χ2n) is 3.49. The van der Waals surface area contributed by atoms with E-state index in [4.69, 9.17) is 10.00 Å². The van der Waals surface area contributed by atoms with E-state index >= 15 is 0 Å². The molecule has 1 saturated heterocycles. The van der Waals surface area contributed by atoms with Gasteiger partial charge in [0.05, 0.1) is 18.1 Å². The number of rotatable bonds is 1. The zero-order chi connectivity index (χ0) is 10.8. The summed E-state index contributed by atoms with van der Waals surface area (Å²) in [6.45, 7) is 0.677. The molecule has 0 radical (unpaired) electrons. The maximum atomic E-state index is 8.97. The molecule has 1 aliphatic heterocycles. The number of nitrogens with zero attached hydrogens (tertiary/aromatic N) is 1. The Morgan fingerprint density at radius 1 is 1.33 bits per heavy atom. The highest BCUT2D eigenvalue weighted by Crippen LogP contribution is 2.36. The summed E-state index contributed by atoms with van der Waals surface area (Å²) in [5.41, 5.74) is 1.06. The number of halogens is 2. The van der Waals surface area contributed by atoms with Crippen LogP contribution in [-0.4, -0.2) is 6.61 Å². The van der Waals surface area contributed by atoms with Gasteiger partial charge in [-0.3, -0.25) is 0 Å². The molecule has 1 aromatic rings. The molecule has 2 rings (SSSR count). The Balaban J connectivity index is 2.30. The van der Waals surface area contributed by atoms with E-state index in [0.29, 0.717) is 6.61 Å². The fourth-order valence-electron chi connectivity index (χ4n) is 1.74. The standard InChI is InChI=1S/C11H9Br2NO/c12-9-2-1-7(5-10(9)13)11-8(6-14)3-4-15-11/h1-2,5,8,11H,3-4H2. The second kappa shape index (κ2) is 4.65. The zero-order valence-electron chi connectivity index (χ0n) is 7.91. The summed E-state index contributed by atoms with van der Waals surface area (Å²) in [5.74, 6) is -0.0157. The predicted molar refractivity (Wildman–Crippen MR) is 64.3 cm³/mol. The highest BCUT2D eigenvalue weighted by atomic mass is 79.9. The first-order valence-electron chi connectivity index (χ1n) is 4.68. The first-order chi connectivity index (χ1) is 7.22. The van der Waals surface area contributed by atoms with Crippen molar-refractivity contribution in [3.63, 3.8) is 0 Å². The minimum atomic E-state index is -0.0700. The Bertz CT molecular complexity index is 414. The van der Waals surface area contributed by atoms with E-state index in [9.17, 15) is 0 Å². The van der Waals surface area contributed by atoms with Crippen molar-refractivity contribution in [1.82, 2.24) is 0 Å². The van der Waals surface area contributed by atoms with Crippen LogP contribution in [-0.2, 0) is 4.74 Å². The molecule has 15 heavy (non-hydrogen) atoms.